The number of nitrogens with zero attached hydrogens (tertiary/aromatic N) is 1. The van der Waals surface area contributed by atoms with Crippen molar-refractivity contribution in [2.75, 3.05) is 37.7 Å². The van der Waals surface area contributed by atoms with Crippen LogP contribution in [0.1, 0.15) is 138 Å². The van der Waals surface area contributed by atoms with Crippen molar-refractivity contribution in [1.29, 1.82) is 0 Å². The van der Waals surface area contributed by atoms with Gasteiger partial charge < -0.3 is 14.8 Å². The molecule has 0 bridgehead atoms. The fourth-order valence-corrected chi connectivity index (χ4v) is 14.5. The predicted octanol–water partition coefficient (Wildman–Crippen LogP) is 7.53. The molecule has 6 rings (SSSR count). The first-order valence-corrected chi connectivity index (χ1v) is 21.9. The van der Waals surface area contributed by atoms with Gasteiger partial charge in [-0.1, -0.05) is 48.0 Å². The zero-order valence-corrected chi connectivity index (χ0v) is 33.0. The first-order valence-electron chi connectivity index (χ1n) is 20.4. The molecular weight excluding hydrogens is 633 g/mol. The molecule has 0 aromatic heterocycles. The molecule has 0 spiro atoms. The lowest BCUT2D eigenvalue weighted by Crippen LogP contribution is -2.64. The largest absolute Gasteiger partial charge is 0.466 e. The molecular formula is C41H70N2O5S. The Morgan fingerprint density at radius 3 is 2.27 bits per heavy atom. The van der Waals surface area contributed by atoms with Gasteiger partial charge in [0.1, 0.15) is 6.10 Å². The molecule has 0 amide bonds. The van der Waals surface area contributed by atoms with Crippen LogP contribution in [0.25, 0.3) is 0 Å². The third kappa shape index (κ3) is 7.33. The van der Waals surface area contributed by atoms with Crippen LogP contribution >= 0.6 is 0 Å². The minimum atomic E-state index is -0.619. The number of nitrogens with one attached hydrogen (secondary N) is 1. The van der Waals surface area contributed by atoms with Gasteiger partial charge in [-0.15, -0.1) is 0 Å². The summed E-state index contributed by atoms with van der Waals surface area (Å²) in [4.78, 5) is 27.9. The van der Waals surface area contributed by atoms with Crippen molar-refractivity contribution in [2.24, 2.45) is 51.8 Å². The molecule has 0 radical (unpaired) electrons. The Labute approximate surface area is 301 Å². The van der Waals surface area contributed by atoms with Crippen LogP contribution < -0.4 is 5.32 Å². The summed E-state index contributed by atoms with van der Waals surface area (Å²) < 4.78 is 23.4. The maximum atomic E-state index is 13.2. The van der Waals surface area contributed by atoms with Crippen molar-refractivity contribution >= 4 is 22.7 Å². The highest BCUT2D eigenvalue weighted by Gasteiger charge is 2.65. The maximum Gasteiger partial charge on any atom is 0.306 e. The molecule has 280 valence electrons. The summed E-state index contributed by atoms with van der Waals surface area (Å²) in [6.07, 6.45) is 15.9. The molecule has 0 aromatic rings. The highest BCUT2D eigenvalue weighted by Crippen LogP contribution is 2.70. The Hall–Kier alpha value is -0.990. The predicted molar refractivity (Wildman–Crippen MR) is 197 cm³/mol. The standard InChI is InChI=1S/C41H70N2O5S/c1-8-29(43-21-23-49(46)24-22-43)27-42-41-17-10-11-33(41)30-12-13-35-39(6)19-16-34(48-37(45)26-38(4,5)25-36(44)47-9-2)28(3)31(39)14-18-40(35,7)32(30)15-20-41/h28-35,42H,8-27H2,1-7H3/t28?,29?,30?,31?,32?,33-,34?,35?,39?,40?,41?/m1/s1. The van der Waals surface area contributed by atoms with Gasteiger partial charge in [0, 0.05) is 53.5 Å². The Morgan fingerprint density at radius 1 is 0.878 bits per heavy atom. The number of rotatable bonds is 11. The van der Waals surface area contributed by atoms with E-state index in [2.05, 4.69) is 37.9 Å². The highest BCUT2D eigenvalue weighted by molar-refractivity contribution is 7.85. The van der Waals surface area contributed by atoms with Gasteiger partial charge in [0.25, 0.3) is 0 Å². The van der Waals surface area contributed by atoms with Crippen molar-refractivity contribution in [3.05, 3.63) is 0 Å². The summed E-state index contributed by atoms with van der Waals surface area (Å²) in [5, 5.41) is 4.30. The molecule has 49 heavy (non-hydrogen) atoms. The zero-order chi connectivity index (χ0) is 35.2. The first kappa shape index (κ1) is 37.8. The number of esters is 2. The Bertz CT molecular complexity index is 1220. The van der Waals surface area contributed by atoms with Crippen LogP contribution in [0.3, 0.4) is 0 Å². The molecule has 0 aromatic carbocycles. The van der Waals surface area contributed by atoms with Gasteiger partial charge in [-0.05, 0) is 129 Å². The van der Waals surface area contributed by atoms with Crippen molar-refractivity contribution < 1.29 is 23.3 Å². The average molecular weight is 703 g/mol. The van der Waals surface area contributed by atoms with Crippen LogP contribution in [0.4, 0.5) is 0 Å². The third-order valence-corrected chi connectivity index (χ3v) is 17.0. The lowest BCUT2D eigenvalue weighted by molar-refractivity contribution is -0.199. The molecule has 1 N–H and O–H groups in total. The van der Waals surface area contributed by atoms with Crippen LogP contribution in [0.15, 0.2) is 0 Å². The van der Waals surface area contributed by atoms with Gasteiger partial charge in [0.15, 0.2) is 0 Å². The summed E-state index contributed by atoms with van der Waals surface area (Å²) in [7, 11) is -0.619. The number of carbonyl (C=O) groups is 2. The van der Waals surface area contributed by atoms with Crippen LogP contribution in [0, 0.1) is 51.8 Å². The second-order valence-electron chi connectivity index (χ2n) is 18.8. The molecule has 7 nitrogen and oxygen atoms in total. The molecule has 5 aliphatic carbocycles. The summed E-state index contributed by atoms with van der Waals surface area (Å²) in [6, 6.07) is 0.557. The molecule has 1 saturated heterocycles. The fraction of sp³-hybridized carbons (Fsp3) is 0.951. The van der Waals surface area contributed by atoms with E-state index >= 15 is 0 Å². The molecule has 5 saturated carbocycles. The quantitative estimate of drug-likeness (QED) is 0.223. The number of fused-ring (bicyclic) bond motifs is 7. The van der Waals surface area contributed by atoms with E-state index in [1.807, 2.05) is 20.8 Å². The topological polar surface area (TPSA) is 84.9 Å². The Balaban J connectivity index is 1.09. The molecule has 1 heterocycles. The van der Waals surface area contributed by atoms with Crippen molar-refractivity contribution in [3.8, 4) is 0 Å². The van der Waals surface area contributed by atoms with Crippen LogP contribution in [0.5, 0.6) is 0 Å². The van der Waals surface area contributed by atoms with Gasteiger partial charge in [-0.3, -0.25) is 18.7 Å². The van der Waals surface area contributed by atoms with Gasteiger partial charge in [0.05, 0.1) is 19.4 Å². The highest BCUT2D eigenvalue weighted by atomic mass is 32.2. The summed E-state index contributed by atoms with van der Waals surface area (Å²) >= 11 is 0. The average Bonchev–Trinajstić information content (AvgIpc) is 3.48. The van der Waals surface area contributed by atoms with E-state index in [1.54, 1.807) is 0 Å². The normalized spacial score (nSPS) is 41.9. The van der Waals surface area contributed by atoms with E-state index in [4.69, 9.17) is 9.47 Å². The zero-order valence-electron chi connectivity index (χ0n) is 32.2. The summed E-state index contributed by atoms with van der Waals surface area (Å²) in [5.74, 6) is 5.46. The molecule has 6 aliphatic rings. The van der Waals surface area contributed by atoms with E-state index in [-0.39, 0.29) is 30.9 Å². The minimum absolute atomic E-state index is 0.0245. The van der Waals surface area contributed by atoms with E-state index in [0.717, 1.165) is 74.1 Å². The van der Waals surface area contributed by atoms with Crippen molar-refractivity contribution in [1.82, 2.24) is 10.2 Å². The monoisotopic (exact) mass is 703 g/mol. The molecule has 8 heteroatoms. The van der Waals surface area contributed by atoms with Gasteiger partial charge in [-0.2, -0.15) is 0 Å². The summed E-state index contributed by atoms with van der Waals surface area (Å²) in [6.45, 7) is 19.2. The van der Waals surface area contributed by atoms with Crippen LogP contribution in [-0.2, 0) is 29.9 Å². The lowest BCUT2D eigenvalue weighted by atomic mass is 9.38. The van der Waals surface area contributed by atoms with Gasteiger partial charge in [-0.25, -0.2) is 0 Å². The van der Waals surface area contributed by atoms with E-state index in [9.17, 15) is 13.8 Å². The minimum Gasteiger partial charge on any atom is -0.466 e. The second kappa shape index (κ2) is 14.8. The van der Waals surface area contributed by atoms with E-state index < -0.39 is 16.2 Å². The first-order chi connectivity index (χ1) is 23.2. The van der Waals surface area contributed by atoms with Crippen LogP contribution in [-0.4, -0.2) is 76.5 Å². The van der Waals surface area contributed by atoms with E-state index in [1.165, 1.54) is 57.8 Å². The maximum absolute atomic E-state index is 13.2. The third-order valence-electron chi connectivity index (χ3n) is 15.8. The molecule has 1 aliphatic heterocycles. The number of hydrogen-bond donors (Lipinski definition) is 1. The Kier molecular flexibility index (Phi) is 11.4. The lowest BCUT2D eigenvalue weighted by Gasteiger charge is -2.68. The second-order valence-corrected chi connectivity index (χ2v) is 20.5. The van der Waals surface area contributed by atoms with Crippen molar-refractivity contribution in [3.63, 3.8) is 0 Å². The molecule has 11 atom stereocenters. The van der Waals surface area contributed by atoms with Gasteiger partial charge in [0.2, 0.25) is 0 Å². The Morgan fingerprint density at radius 2 is 1.55 bits per heavy atom. The SMILES string of the molecule is CCOC(=O)CC(C)(C)CC(=O)OC1CCC2(C)C(CCC3(C)C4CCC5(NCC(CC)N6CCS(=O)CC6)CCC[C@@H]5C4CCC23)C1C. The van der Waals surface area contributed by atoms with Crippen LogP contribution in [0.2, 0.25) is 0 Å². The molecule has 10 unspecified atom stereocenters. The number of carbonyl (C=O) groups excluding carboxylic acids is 2. The molecule has 6 fully saturated rings. The van der Waals surface area contributed by atoms with Crippen molar-refractivity contribution in [2.45, 2.75) is 156 Å². The summed E-state index contributed by atoms with van der Waals surface area (Å²) in [5.41, 5.74) is 0.553. The van der Waals surface area contributed by atoms with Gasteiger partial charge >= 0.3 is 11.9 Å². The van der Waals surface area contributed by atoms with E-state index in [0.29, 0.717) is 40.9 Å². The number of hydrogen-bond acceptors (Lipinski definition) is 7. The fourth-order valence-electron chi connectivity index (χ4n) is 13.4. The smallest absolute Gasteiger partial charge is 0.306 e. The number of ether oxygens (including phenoxy) is 2.